The van der Waals surface area contributed by atoms with Gasteiger partial charge in [0.1, 0.15) is 22.3 Å². The van der Waals surface area contributed by atoms with Crippen LogP contribution in [0, 0.1) is 0 Å². The maximum Gasteiger partial charge on any atom is 0.147 e. The van der Waals surface area contributed by atoms with Gasteiger partial charge >= 0.3 is 0 Å². The summed E-state index contributed by atoms with van der Waals surface area (Å²) in [5, 5.41) is 11.7. The molecule has 0 saturated carbocycles. The molecule has 260 valence electrons. The first-order valence-electron chi connectivity index (χ1n) is 19.2. The van der Waals surface area contributed by atoms with Gasteiger partial charge in [-0.25, -0.2) is 0 Å². The van der Waals surface area contributed by atoms with Crippen molar-refractivity contribution in [3.05, 3.63) is 194 Å². The Morgan fingerprint density at radius 2 is 0.768 bits per heavy atom. The molecule has 0 aliphatic rings. The zero-order valence-corrected chi connectivity index (χ0v) is 30.3. The van der Waals surface area contributed by atoms with E-state index in [-0.39, 0.29) is 0 Å². The molecule has 0 atom stereocenters. The van der Waals surface area contributed by atoms with Crippen molar-refractivity contribution in [2.45, 2.75) is 0 Å². The van der Waals surface area contributed by atoms with Crippen LogP contribution in [0.15, 0.2) is 203 Å². The Labute approximate surface area is 322 Å². The fraction of sp³-hybridized carbons (Fsp3) is 0. The molecule has 2 heteroatoms. The first kappa shape index (κ1) is 31.0. The highest BCUT2D eigenvalue weighted by atomic mass is 16.3. The molecule has 2 heterocycles. The summed E-state index contributed by atoms with van der Waals surface area (Å²) in [7, 11) is 0. The Bertz CT molecular complexity index is 3470. The summed E-state index contributed by atoms with van der Waals surface area (Å²) in [6, 6.07) is 69.9. The first-order chi connectivity index (χ1) is 27.8. The third-order valence-corrected chi connectivity index (χ3v) is 11.6. The number of hydrogen-bond donors (Lipinski definition) is 0. The smallest absolute Gasteiger partial charge is 0.147 e. The Kier molecular flexibility index (Phi) is 6.66. The molecule has 12 aromatic rings. The van der Waals surface area contributed by atoms with Crippen LogP contribution < -0.4 is 0 Å². The highest BCUT2D eigenvalue weighted by molar-refractivity contribution is 6.25. The molecule has 0 unspecified atom stereocenters. The Balaban J connectivity index is 1.04. The van der Waals surface area contributed by atoms with Gasteiger partial charge < -0.3 is 8.83 Å². The lowest BCUT2D eigenvalue weighted by Gasteiger charge is -2.18. The van der Waals surface area contributed by atoms with E-state index in [1.165, 1.54) is 65.7 Å². The average Bonchev–Trinajstić information content (AvgIpc) is 3.84. The van der Waals surface area contributed by atoms with E-state index in [2.05, 4.69) is 170 Å². The molecule has 12 rings (SSSR count). The fourth-order valence-corrected chi connectivity index (χ4v) is 9.07. The number of benzene rings is 10. The first-order valence-corrected chi connectivity index (χ1v) is 19.2. The van der Waals surface area contributed by atoms with Crippen LogP contribution >= 0.6 is 0 Å². The molecule has 0 bridgehead atoms. The van der Waals surface area contributed by atoms with E-state index in [0.717, 1.165) is 55.0 Å². The Morgan fingerprint density at radius 3 is 1.48 bits per heavy atom. The van der Waals surface area contributed by atoms with Gasteiger partial charge in [-0.05, 0) is 102 Å². The highest BCUT2D eigenvalue weighted by Crippen LogP contribution is 2.47. The molecule has 0 N–H and O–H groups in total. The van der Waals surface area contributed by atoms with Crippen molar-refractivity contribution >= 4 is 76.2 Å². The SMILES string of the molecule is c1cc(-c2ccc3ccccc3c2)cc(-c2c3ccccc3c(-c3ccc(-c4cc5c6ccccc6oc5c5c4oc4ccccc45)cc3)c3ccccc23)c1. The molecule has 0 spiro atoms. The zero-order valence-electron chi connectivity index (χ0n) is 30.3. The summed E-state index contributed by atoms with van der Waals surface area (Å²) < 4.78 is 13.1. The van der Waals surface area contributed by atoms with Gasteiger partial charge in [-0.2, -0.15) is 0 Å². The van der Waals surface area contributed by atoms with E-state index in [4.69, 9.17) is 8.83 Å². The van der Waals surface area contributed by atoms with Gasteiger partial charge in [-0.1, -0.05) is 164 Å². The lowest BCUT2D eigenvalue weighted by molar-refractivity contribution is 0.663. The van der Waals surface area contributed by atoms with Crippen LogP contribution in [0.2, 0.25) is 0 Å². The van der Waals surface area contributed by atoms with E-state index < -0.39 is 0 Å². The minimum Gasteiger partial charge on any atom is -0.455 e. The number of furan rings is 2. The van der Waals surface area contributed by atoms with E-state index in [1.807, 2.05) is 24.3 Å². The fourth-order valence-electron chi connectivity index (χ4n) is 9.07. The molecular formula is C54H32O2. The molecule has 56 heavy (non-hydrogen) atoms. The van der Waals surface area contributed by atoms with Crippen molar-refractivity contribution < 1.29 is 8.83 Å². The predicted octanol–water partition coefficient (Wildman–Crippen LogP) is 15.6. The molecule has 2 nitrogen and oxygen atoms in total. The van der Waals surface area contributed by atoms with Crippen molar-refractivity contribution in [3.8, 4) is 44.5 Å². The lowest BCUT2D eigenvalue weighted by Crippen LogP contribution is -1.91. The van der Waals surface area contributed by atoms with Crippen molar-refractivity contribution in [2.75, 3.05) is 0 Å². The van der Waals surface area contributed by atoms with E-state index in [0.29, 0.717) is 0 Å². The van der Waals surface area contributed by atoms with Gasteiger partial charge in [-0.15, -0.1) is 0 Å². The van der Waals surface area contributed by atoms with Crippen LogP contribution in [0.5, 0.6) is 0 Å². The van der Waals surface area contributed by atoms with Crippen molar-refractivity contribution in [1.82, 2.24) is 0 Å². The van der Waals surface area contributed by atoms with E-state index in [1.54, 1.807) is 0 Å². The number of fused-ring (bicyclic) bond motifs is 10. The van der Waals surface area contributed by atoms with Crippen LogP contribution in [0.4, 0.5) is 0 Å². The van der Waals surface area contributed by atoms with Gasteiger partial charge in [0.25, 0.3) is 0 Å². The summed E-state index contributed by atoms with van der Waals surface area (Å²) in [6.45, 7) is 0. The summed E-state index contributed by atoms with van der Waals surface area (Å²) in [5.41, 5.74) is 12.9. The van der Waals surface area contributed by atoms with E-state index >= 15 is 0 Å². The third kappa shape index (κ3) is 4.63. The summed E-state index contributed by atoms with van der Waals surface area (Å²) >= 11 is 0. The summed E-state index contributed by atoms with van der Waals surface area (Å²) in [6.07, 6.45) is 0. The largest absolute Gasteiger partial charge is 0.455 e. The van der Waals surface area contributed by atoms with Crippen molar-refractivity contribution in [2.24, 2.45) is 0 Å². The molecule has 0 saturated heterocycles. The van der Waals surface area contributed by atoms with Gasteiger partial charge in [0.15, 0.2) is 0 Å². The summed E-state index contributed by atoms with van der Waals surface area (Å²) in [5.74, 6) is 0. The lowest BCUT2D eigenvalue weighted by atomic mass is 9.85. The highest BCUT2D eigenvalue weighted by Gasteiger charge is 2.21. The normalized spacial score (nSPS) is 11.9. The average molecular weight is 713 g/mol. The van der Waals surface area contributed by atoms with E-state index in [9.17, 15) is 0 Å². The van der Waals surface area contributed by atoms with Gasteiger partial charge in [0.05, 0.1) is 5.39 Å². The Hall–Kier alpha value is -7.42. The van der Waals surface area contributed by atoms with Crippen molar-refractivity contribution in [3.63, 3.8) is 0 Å². The molecule has 0 fully saturated rings. The molecule has 0 aliphatic carbocycles. The second-order valence-corrected chi connectivity index (χ2v) is 14.8. The van der Waals surface area contributed by atoms with Crippen LogP contribution in [0.1, 0.15) is 0 Å². The minimum atomic E-state index is 0.844. The second kappa shape index (κ2) is 12.0. The number of hydrogen-bond acceptors (Lipinski definition) is 2. The Morgan fingerprint density at radius 1 is 0.268 bits per heavy atom. The van der Waals surface area contributed by atoms with Crippen molar-refractivity contribution in [1.29, 1.82) is 0 Å². The monoisotopic (exact) mass is 712 g/mol. The maximum absolute atomic E-state index is 6.62. The standard InChI is InChI=1S/C54H32O2/c1-2-13-36-30-38(29-24-33(36)12-1)37-14-11-15-39(31-37)51-43-19-5-3-17-41(43)50(42-18-4-6-20-44(42)51)35-27-25-34(26-28-35)46-32-47-40-16-7-9-22-48(40)55-54(47)52-45-21-8-10-23-49(45)56-53(46)52/h1-32H. The number of rotatable bonds is 4. The van der Waals surface area contributed by atoms with Crippen LogP contribution in [0.25, 0.3) is 121 Å². The molecule has 10 aromatic carbocycles. The molecule has 2 aromatic heterocycles. The quantitative estimate of drug-likeness (QED) is 0.170. The molecular weight excluding hydrogens is 681 g/mol. The third-order valence-electron chi connectivity index (χ3n) is 11.6. The van der Waals surface area contributed by atoms with Gasteiger partial charge in [0.2, 0.25) is 0 Å². The minimum absolute atomic E-state index is 0.844. The van der Waals surface area contributed by atoms with Gasteiger partial charge in [-0.3, -0.25) is 0 Å². The van der Waals surface area contributed by atoms with Gasteiger partial charge in [0, 0.05) is 21.7 Å². The molecule has 0 radical (unpaired) electrons. The number of para-hydroxylation sites is 2. The van der Waals surface area contributed by atoms with Crippen LogP contribution in [-0.2, 0) is 0 Å². The second-order valence-electron chi connectivity index (χ2n) is 14.8. The van der Waals surface area contributed by atoms with Crippen LogP contribution in [-0.4, -0.2) is 0 Å². The zero-order chi connectivity index (χ0) is 36.7. The topological polar surface area (TPSA) is 26.3 Å². The maximum atomic E-state index is 6.62. The predicted molar refractivity (Wildman–Crippen MR) is 235 cm³/mol. The summed E-state index contributed by atoms with van der Waals surface area (Å²) in [4.78, 5) is 0. The van der Waals surface area contributed by atoms with Crippen LogP contribution in [0.3, 0.4) is 0 Å². The molecule has 0 amide bonds. The molecule has 0 aliphatic heterocycles.